The molecule has 5 nitrogen and oxygen atoms in total. The predicted molar refractivity (Wildman–Crippen MR) is 96.2 cm³/mol. The molecule has 3 N–H and O–H groups in total. The summed E-state index contributed by atoms with van der Waals surface area (Å²) in [5.41, 5.74) is 2.86. The highest BCUT2D eigenvalue weighted by Gasteiger charge is 2.23. The molecule has 3 heterocycles. The minimum Gasteiger partial charge on any atom is -0.391 e. The molecule has 3 aromatic heterocycles. The topological polar surface area (TPSA) is 73.8 Å². The van der Waals surface area contributed by atoms with Crippen molar-refractivity contribution in [1.82, 2.24) is 15.0 Å². The van der Waals surface area contributed by atoms with Crippen LogP contribution in [-0.2, 0) is 0 Å². The number of hydrogen-bond donors (Lipinski definition) is 3. The average Bonchev–Trinajstić information content (AvgIpc) is 3.01. The number of aromatic amines is 1. The number of aliphatic hydroxyl groups is 1. The van der Waals surface area contributed by atoms with Crippen LogP contribution in [0.2, 0.25) is 5.15 Å². The van der Waals surface area contributed by atoms with Gasteiger partial charge in [-0.2, -0.15) is 0 Å². The summed E-state index contributed by atoms with van der Waals surface area (Å²) in [4.78, 5) is 11.9. The van der Waals surface area contributed by atoms with Gasteiger partial charge in [-0.15, -0.1) is 0 Å². The maximum atomic E-state index is 10.2. The minimum atomic E-state index is -0.333. The van der Waals surface area contributed by atoms with E-state index in [-0.39, 0.29) is 12.1 Å². The molecule has 1 saturated carbocycles. The summed E-state index contributed by atoms with van der Waals surface area (Å²) in [5, 5.41) is 15.0. The molecule has 0 aliphatic heterocycles. The zero-order chi connectivity index (χ0) is 16.5. The quantitative estimate of drug-likeness (QED) is 0.629. The molecule has 4 rings (SSSR count). The van der Waals surface area contributed by atoms with E-state index in [1.807, 2.05) is 30.5 Å². The van der Waals surface area contributed by atoms with Gasteiger partial charge in [0.15, 0.2) is 0 Å². The Kier molecular flexibility index (Phi) is 4.12. The second kappa shape index (κ2) is 6.42. The van der Waals surface area contributed by atoms with Crippen LogP contribution < -0.4 is 5.32 Å². The van der Waals surface area contributed by atoms with Gasteiger partial charge in [0.25, 0.3) is 0 Å². The summed E-state index contributed by atoms with van der Waals surface area (Å²) in [7, 11) is 0. The zero-order valence-corrected chi connectivity index (χ0v) is 13.9. The predicted octanol–water partition coefficient (Wildman–Crippen LogP) is 3.99. The van der Waals surface area contributed by atoms with Crippen molar-refractivity contribution in [2.45, 2.75) is 37.8 Å². The van der Waals surface area contributed by atoms with E-state index in [9.17, 15) is 5.11 Å². The van der Waals surface area contributed by atoms with Gasteiger partial charge in [-0.3, -0.25) is 0 Å². The van der Waals surface area contributed by atoms with Crippen LogP contribution >= 0.6 is 11.6 Å². The van der Waals surface area contributed by atoms with E-state index in [2.05, 4.69) is 20.3 Å². The van der Waals surface area contributed by atoms with E-state index in [0.29, 0.717) is 11.0 Å². The lowest BCUT2D eigenvalue weighted by molar-refractivity contribution is 0.116. The third-order valence-electron chi connectivity index (χ3n) is 4.62. The van der Waals surface area contributed by atoms with E-state index in [1.54, 1.807) is 6.20 Å². The van der Waals surface area contributed by atoms with E-state index in [0.717, 1.165) is 47.8 Å². The van der Waals surface area contributed by atoms with Gasteiger partial charge in [0.2, 0.25) is 0 Å². The Labute approximate surface area is 145 Å². The van der Waals surface area contributed by atoms with Crippen molar-refractivity contribution in [3.05, 3.63) is 41.8 Å². The SMILES string of the molecule is OC1CCCCC1Nc1cc(-c2c[nH]c3ncccc23)cc(Cl)n1. The molecule has 2 atom stereocenters. The molecule has 0 saturated heterocycles. The number of nitrogens with zero attached hydrogens (tertiary/aromatic N) is 2. The molecule has 0 bridgehead atoms. The number of H-pyrrole nitrogens is 1. The second-order valence-electron chi connectivity index (χ2n) is 6.27. The Morgan fingerprint density at radius 2 is 2.12 bits per heavy atom. The lowest BCUT2D eigenvalue weighted by Gasteiger charge is -2.28. The first-order chi connectivity index (χ1) is 11.7. The molecule has 0 aromatic carbocycles. The van der Waals surface area contributed by atoms with Crippen molar-refractivity contribution in [3.63, 3.8) is 0 Å². The van der Waals surface area contributed by atoms with Crippen molar-refractivity contribution in [2.75, 3.05) is 5.32 Å². The highest BCUT2D eigenvalue weighted by molar-refractivity contribution is 6.29. The van der Waals surface area contributed by atoms with Crippen molar-refractivity contribution in [3.8, 4) is 11.1 Å². The molecule has 124 valence electrons. The first-order valence-electron chi connectivity index (χ1n) is 8.25. The number of anilines is 1. The summed E-state index contributed by atoms with van der Waals surface area (Å²) in [6.45, 7) is 0. The summed E-state index contributed by atoms with van der Waals surface area (Å²) in [6.07, 6.45) is 7.34. The number of hydrogen-bond acceptors (Lipinski definition) is 4. The first kappa shape index (κ1) is 15.4. The van der Waals surface area contributed by atoms with Gasteiger partial charge in [0, 0.05) is 23.3 Å². The van der Waals surface area contributed by atoms with E-state index in [1.165, 1.54) is 0 Å². The van der Waals surface area contributed by atoms with Crippen LogP contribution in [0.1, 0.15) is 25.7 Å². The largest absolute Gasteiger partial charge is 0.391 e. The Balaban J connectivity index is 1.68. The molecule has 1 aliphatic carbocycles. The van der Waals surface area contributed by atoms with Crippen LogP contribution in [0.4, 0.5) is 5.82 Å². The molecular weight excluding hydrogens is 324 g/mol. The summed E-state index contributed by atoms with van der Waals surface area (Å²) in [5.74, 6) is 0.696. The number of pyridine rings is 2. The number of nitrogens with one attached hydrogen (secondary N) is 2. The molecule has 0 spiro atoms. The number of aromatic nitrogens is 3. The molecule has 24 heavy (non-hydrogen) atoms. The van der Waals surface area contributed by atoms with Crippen LogP contribution in [0.5, 0.6) is 0 Å². The number of halogens is 1. The Hall–Kier alpha value is -2.11. The van der Waals surface area contributed by atoms with Gasteiger partial charge >= 0.3 is 0 Å². The lowest BCUT2D eigenvalue weighted by Crippen LogP contribution is -2.36. The molecule has 1 fully saturated rings. The van der Waals surface area contributed by atoms with Crippen molar-refractivity contribution < 1.29 is 5.11 Å². The van der Waals surface area contributed by atoms with Gasteiger partial charge in [-0.25, -0.2) is 9.97 Å². The molecular formula is C18H19ClN4O. The average molecular weight is 343 g/mol. The fraction of sp³-hybridized carbons (Fsp3) is 0.333. The maximum Gasteiger partial charge on any atom is 0.137 e. The van der Waals surface area contributed by atoms with Crippen LogP contribution in [0, 0.1) is 0 Å². The van der Waals surface area contributed by atoms with E-state index < -0.39 is 0 Å². The number of aliphatic hydroxyl groups excluding tert-OH is 1. The highest BCUT2D eigenvalue weighted by atomic mass is 35.5. The fourth-order valence-electron chi connectivity index (χ4n) is 3.39. The molecule has 0 radical (unpaired) electrons. The third-order valence-corrected chi connectivity index (χ3v) is 4.81. The fourth-order valence-corrected chi connectivity index (χ4v) is 3.60. The van der Waals surface area contributed by atoms with Crippen molar-refractivity contribution in [1.29, 1.82) is 0 Å². The lowest BCUT2D eigenvalue weighted by atomic mass is 9.92. The molecule has 6 heteroatoms. The van der Waals surface area contributed by atoms with Crippen LogP contribution in [0.3, 0.4) is 0 Å². The minimum absolute atomic E-state index is 0.0298. The molecule has 3 aromatic rings. The van der Waals surface area contributed by atoms with Crippen LogP contribution in [0.15, 0.2) is 36.7 Å². The van der Waals surface area contributed by atoms with Crippen LogP contribution in [-0.4, -0.2) is 32.2 Å². The zero-order valence-electron chi connectivity index (χ0n) is 13.2. The van der Waals surface area contributed by atoms with Gasteiger partial charge in [0.05, 0.1) is 12.1 Å². The third kappa shape index (κ3) is 2.97. The summed E-state index contributed by atoms with van der Waals surface area (Å²) in [6, 6.07) is 7.80. The Morgan fingerprint density at radius 1 is 1.25 bits per heavy atom. The molecule has 2 unspecified atom stereocenters. The highest BCUT2D eigenvalue weighted by Crippen LogP contribution is 2.31. The second-order valence-corrected chi connectivity index (χ2v) is 6.66. The summed E-state index contributed by atoms with van der Waals surface area (Å²) >= 11 is 6.23. The van der Waals surface area contributed by atoms with Crippen molar-refractivity contribution >= 4 is 28.5 Å². The smallest absolute Gasteiger partial charge is 0.137 e. The molecule has 1 aliphatic rings. The standard InChI is InChI=1S/C18H19ClN4O/c19-16-8-11(13-10-21-18-12(13)4-3-7-20-18)9-17(23-16)22-14-5-1-2-6-15(14)24/h3-4,7-10,14-15,24H,1-2,5-6H2,(H,20,21)(H,22,23). The van der Waals surface area contributed by atoms with Crippen LogP contribution in [0.25, 0.3) is 22.2 Å². The Bertz CT molecular complexity index is 863. The molecule has 0 amide bonds. The maximum absolute atomic E-state index is 10.2. The van der Waals surface area contributed by atoms with Gasteiger partial charge in [-0.1, -0.05) is 24.4 Å². The van der Waals surface area contributed by atoms with Gasteiger partial charge in [0.1, 0.15) is 16.6 Å². The number of fused-ring (bicyclic) bond motifs is 1. The van der Waals surface area contributed by atoms with Crippen molar-refractivity contribution in [2.24, 2.45) is 0 Å². The number of rotatable bonds is 3. The van der Waals surface area contributed by atoms with E-state index in [4.69, 9.17) is 11.6 Å². The van der Waals surface area contributed by atoms with E-state index >= 15 is 0 Å². The monoisotopic (exact) mass is 342 g/mol. The first-order valence-corrected chi connectivity index (χ1v) is 8.63. The Morgan fingerprint density at radius 3 is 3.00 bits per heavy atom. The summed E-state index contributed by atoms with van der Waals surface area (Å²) < 4.78 is 0. The van der Waals surface area contributed by atoms with Gasteiger partial charge < -0.3 is 15.4 Å². The van der Waals surface area contributed by atoms with Gasteiger partial charge in [-0.05, 0) is 42.7 Å². The normalized spacial score (nSPS) is 21.1.